The van der Waals surface area contributed by atoms with Crippen LogP contribution in [0, 0.1) is 0 Å². The van der Waals surface area contributed by atoms with Crippen LogP contribution in [0.4, 0.5) is 5.69 Å². The first-order valence-electron chi connectivity index (χ1n) is 10.3. The fraction of sp³-hybridized carbons (Fsp3) is 0.391. The molecule has 0 radical (unpaired) electrons. The predicted molar refractivity (Wildman–Crippen MR) is 112 cm³/mol. The average Bonchev–Trinajstić information content (AvgIpc) is 3.23. The summed E-state index contributed by atoms with van der Waals surface area (Å²) in [6.07, 6.45) is 3.33. The molecule has 30 heavy (non-hydrogen) atoms. The van der Waals surface area contributed by atoms with Crippen LogP contribution in [-0.2, 0) is 22.4 Å². The van der Waals surface area contributed by atoms with Crippen molar-refractivity contribution in [3.05, 3.63) is 47.5 Å². The highest BCUT2D eigenvalue weighted by Gasteiger charge is 2.18. The van der Waals surface area contributed by atoms with Gasteiger partial charge in [0.1, 0.15) is 19.0 Å². The highest BCUT2D eigenvalue weighted by atomic mass is 16.6. The third-order valence-corrected chi connectivity index (χ3v) is 5.33. The number of likely N-dealkylation sites (N-methyl/N-ethyl adjacent to an activating group) is 1. The molecule has 0 saturated heterocycles. The van der Waals surface area contributed by atoms with E-state index in [2.05, 4.69) is 11.4 Å². The normalized spacial score (nSPS) is 14.0. The molecule has 0 unspecified atom stereocenters. The average molecular weight is 410 g/mol. The number of aryl methyl sites for hydroxylation is 2. The summed E-state index contributed by atoms with van der Waals surface area (Å²) in [5, 5.41) is 2.80. The van der Waals surface area contributed by atoms with Gasteiger partial charge >= 0.3 is 0 Å². The van der Waals surface area contributed by atoms with Gasteiger partial charge in [-0.25, -0.2) is 0 Å². The molecule has 0 bridgehead atoms. The molecule has 7 nitrogen and oxygen atoms in total. The van der Waals surface area contributed by atoms with E-state index in [1.807, 2.05) is 19.1 Å². The van der Waals surface area contributed by atoms with E-state index < -0.39 is 0 Å². The molecular weight excluding hydrogens is 384 g/mol. The Morgan fingerprint density at radius 3 is 2.67 bits per heavy atom. The van der Waals surface area contributed by atoms with Gasteiger partial charge in [0.15, 0.2) is 18.1 Å². The van der Waals surface area contributed by atoms with Gasteiger partial charge in [0.05, 0.1) is 6.54 Å². The summed E-state index contributed by atoms with van der Waals surface area (Å²) in [5.74, 6) is 1.45. The lowest BCUT2D eigenvalue weighted by Crippen LogP contribution is -2.40. The zero-order valence-electron chi connectivity index (χ0n) is 17.1. The Labute approximate surface area is 175 Å². The van der Waals surface area contributed by atoms with Crippen LogP contribution in [0.3, 0.4) is 0 Å². The summed E-state index contributed by atoms with van der Waals surface area (Å²) >= 11 is 0. The summed E-state index contributed by atoms with van der Waals surface area (Å²) in [6.45, 7) is 3.11. The van der Waals surface area contributed by atoms with Gasteiger partial charge in [0, 0.05) is 18.3 Å². The fourth-order valence-electron chi connectivity index (χ4n) is 3.75. The number of carbonyl (C=O) groups excluding carboxylic acids is 2. The molecular formula is C23H26N2O5. The Hall–Kier alpha value is -3.22. The summed E-state index contributed by atoms with van der Waals surface area (Å²) in [5.41, 5.74) is 3.26. The Morgan fingerprint density at radius 2 is 1.83 bits per heavy atom. The van der Waals surface area contributed by atoms with Crippen LogP contribution in [-0.4, -0.2) is 49.6 Å². The van der Waals surface area contributed by atoms with E-state index in [1.54, 1.807) is 18.2 Å². The van der Waals surface area contributed by atoms with Crippen molar-refractivity contribution in [3.8, 4) is 17.2 Å². The quantitative estimate of drug-likeness (QED) is 0.760. The molecule has 0 aromatic heterocycles. The highest BCUT2D eigenvalue weighted by Crippen LogP contribution is 2.32. The summed E-state index contributed by atoms with van der Waals surface area (Å²) in [6, 6.07) is 11.2. The first-order valence-corrected chi connectivity index (χ1v) is 10.3. The minimum atomic E-state index is -0.278. The van der Waals surface area contributed by atoms with Crippen molar-refractivity contribution in [2.75, 3.05) is 38.2 Å². The number of amides is 2. The number of carbonyl (C=O) groups is 2. The summed E-state index contributed by atoms with van der Waals surface area (Å²) in [4.78, 5) is 26.5. The summed E-state index contributed by atoms with van der Waals surface area (Å²) in [7, 11) is 0. The first kappa shape index (κ1) is 20.1. The standard InChI is InChI=1S/C23H26N2O5/c1-2-25(23(27)15-30-19-8-6-16-4-3-5-17(16)12-19)14-22(26)24-18-7-9-20-21(13-18)29-11-10-28-20/h6-9,12-13H,2-5,10-11,14-15H2,1H3,(H,24,26). The first-order chi connectivity index (χ1) is 14.6. The Balaban J connectivity index is 1.30. The predicted octanol–water partition coefficient (Wildman–Crippen LogP) is 2.81. The van der Waals surface area contributed by atoms with Crippen LogP contribution in [0.25, 0.3) is 0 Å². The maximum atomic E-state index is 12.5. The molecule has 4 rings (SSSR count). The molecule has 0 spiro atoms. The zero-order chi connectivity index (χ0) is 20.9. The minimum Gasteiger partial charge on any atom is -0.486 e. The van der Waals surface area contributed by atoms with E-state index in [4.69, 9.17) is 14.2 Å². The molecule has 2 aromatic rings. The number of benzene rings is 2. The molecule has 2 amide bonds. The number of hydrogen-bond acceptors (Lipinski definition) is 5. The van der Waals surface area contributed by atoms with Crippen LogP contribution in [0.2, 0.25) is 0 Å². The van der Waals surface area contributed by atoms with Gasteiger partial charge in [-0.2, -0.15) is 0 Å². The molecule has 158 valence electrons. The smallest absolute Gasteiger partial charge is 0.260 e. The van der Waals surface area contributed by atoms with Gasteiger partial charge in [-0.05, 0) is 61.6 Å². The second-order valence-electron chi connectivity index (χ2n) is 7.39. The number of nitrogens with one attached hydrogen (secondary N) is 1. The number of anilines is 1. The third kappa shape index (κ3) is 4.67. The summed E-state index contributed by atoms with van der Waals surface area (Å²) < 4.78 is 16.7. The van der Waals surface area contributed by atoms with E-state index in [0.717, 1.165) is 12.8 Å². The van der Waals surface area contributed by atoms with E-state index in [-0.39, 0.29) is 25.0 Å². The van der Waals surface area contributed by atoms with Crippen LogP contribution in [0.1, 0.15) is 24.5 Å². The molecule has 0 atom stereocenters. The van der Waals surface area contributed by atoms with Gasteiger partial charge in [-0.3, -0.25) is 9.59 Å². The second-order valence-corrected chi connectivity index (χ2v) is 7.39. The van der Waals surface area contributed by atoms with Crippen molar-refractivity contribution in [1.29, 1.82) is 0 Å². The van der Waals surface area contributed by atoms with Crippen LogP contribution < -0.4 is 19.5 Å². The van der Waals surface area contributed by atoms with Crippen LogP contribution in [0.15, 0.2) is 36.4 Å². The van der Waals surface area contributed by atoms with Gasteiger partial charge in [0.2, 0.25) is 5.91 Å². The largest absolute Gasteiger partial charge is 0.486 e. The molecule has 2 aliphatic rings. The maximum absolute atomic E-state index is 12.5. The van der Waals surface area contributed by atoms with Gasteiger partial charge < -0.3 is 24.4 Å². The monoisotopic (exact) mass is 410 g/mol. The molecule has 1 aliphatic heterocycles. The van der Waals surface area contributed by atoms with E-state index in [1.165, 1.54) is 22.4 Å². The number of ether oxygens (including phenoxy) is 3. The van der Waals surface area contributed by atoms with Crippen molar-refractivity contribution in [3.63, 3.8) is 0 Å². The molecule has 1 N–H and O–H groups in total. The Bertz CT molecular complexity index is 943. The third-order valence-electron chi connectivity index (χ3n) is 5.33. The van der Waals surface area contributed by atoms with Crippen molar-refractivity contribution in [2.24, 2.45) is 0 Å². The molecule has 7 heteroatoms. The van der Waals surface area contributed by atoms with E-state index >= 15 is 0 Å². The van der Waals surface area contributed by atoms with Gasteiger partial charge in [0.25, 0.3) is 5.91 Å². The Morgan fingerprint density at radius 1 is 1.03 bits per heavy atom. The highest BCUT2D eigenvalue weighted by molar-refractivity contribution is 5.95. The number of hydrogen-bond donors (Lipinski definition) is 1. The molecule has 1 aliphatic carbocycles. The van der Waals surface area contributed by atoms with Crippen molar-refractivity contribution >= 4 is 17.5 Å². The van der Waals surface area contributed by atoms with Crippen molar-refractivity contribution < 1.29 is 23.8 Å². The van der Waals surface area contributed by atoms with Gasteiger partial charge in [-0.1, -0.05) is 6.07 Å². The van der Waals surface area contributed by atoms with Crippen LogP contribution in [0.5, 0.6) is 17.2 Å². The van der Waals surface area contributed by atoms with E-state index in [9.17, 15) is 9.59 Å². The second kappa shape index (κ2) is 9.07. The minimum absolute atomic E-state index is 0.0443. The molecule has 2 aromatic carbocycles. The molecule has 0 fully saturated rings. The number of fused-ring (bicyclic) bond motifs is 2. The van der Waals surface area contributed by atoms with Gasteiger partial charge in [-0.15, -0.1) is 0 Å². The van der Waals surface area contributed by atoms with Crippen molar-refractivity contribution in [1.82, 2.24) is 4.90 Å². The lowest BCUT2D eigenvalue weighted by atomic mass is 10.1. The SMILES string of the molecule is CCN(CC(=O)Nc1ccc2c(c1)OCCO2)C(=O)COc1ccc2c(c1)CCC2. The van der Waals surface area contributed by atoms with Crippen molar-refractivity contribution in [2.45, 2.75) is 26.2 Å². The maximum Gasteiger partial charge on any atom is 0.260 e. The number of rotatable bonds is 7. The van der Waals surface area contributed by atoms with Crippen LogP contribution >= 0.6 is 0 Å². The topological polar surface area (TPSA) is 77.1 Å². The molecule has 1 heterocycles. The number of nitrogens with zero attached hydrogens (tertiary/aromatic N) is 1. The Kier molecular flexibility index (Phi) is 6.07. The molecule has 0 saturated carbocycles. The lowest BCUT2D eigenvalue weighted by molar-refractivity contribution is -0.136. The van der Waals surface area contributed by atoms with E-state index in [0.29, 0.717) is 42.7 Å². The zero-order valence-corrected chi connectivity index (χ0v) is 17.1. The fourth-order valence-corrected chi connectivity index (χ4v) is 3.75. The lowest BCUT2D eigenvalue weighted by Gasteiger charge is -2.21.